The summed E-state index contributed by atoms with van der Waals surface area (Å²) < 4.78 is 7.94. The number of nitrogens with one attached hydrogen (secondary N) is 1. The van der Waals surface area contributed by atoms with E-state index in [-0.39, 0.29) is 6.03 Å². The van der Waals surface area contributed by atoms with Gasteiger partial charge in [0, 0.05) is 42.7 Å². The number of hydrogen-bond acceptors (Lipinski definition) is 3. The van der Waals surface area contributed by atoms with E-state index in [9.17, 15) is 10.1 Å². The van der Waals surface area contributed by atoms with Crippen molar-refractivity contribution in [3.05, 3.63) is 48.0 Å². The van der Waals surface area contributed by atoms with Crippen molar-refractivity contribution < 1.29 is 9.53 Å². The lowest BCUT2D eigenvalue weighted by Gasteiger charge is -2.15. The normalized spacial score (nSPS) is 13.5. The second kappa shape index (κ2) is 8.68. The van der Waals surface area contributed by atoms with E-state index < -0.39 is 0 Å². The number of alkyl halides is 1. The molecule has 0 spiro atoms. The number of anilines is 1. The van der Waals surface area contributed by atoms with Gasteiger partial charge in [0.05, 0.1) is 23.4 Å². The highest BCUT2D eigenvalue weighted by atomic mass is 35.5. The number of nitrogens with zero attached hydrogens (tertiary/aromatic N) is 3. The van der Waals surface area contributed by atoms with Crippen LogP contribution in [0.2, 0.25) is 0 Å². The number of nitriles is 1. The summed E-state index contributed by atoms with van der Waals surface area (Å²) >= 11 is 5.74. The predicted octanol–water partition coefficient (Wildman–Crippen LogP) is 4.74. The summed E-state index contributed by atoms with van der Waals surface area (Å²) in [7, 11) is 0. The number of amides is 2. The molecule has 0 atom stereocenters. The number of carbonyl (C=O) groups is 1. The van der Waals surface area contributed by atoms with E-state index in [4.69, 9.17) is 16.3 Å². The fourth-order valence-electron chi connectivity index (χ4n) is 3.92. The fraction of sp³-hybridized carbons (Fsp3) is 0.304. The summed E-state index contributed by atoms with van der Waals surface area (Å²) in [4.78, 5) is 13.6. The Morgan fingerprint density at radius 2 is 2.03 bits per heavy atom. The van der Waals surface area contributed by atoms with Gasteiger partial charge < -0.3 is 14.6 Å². The van der Waals surface area contributed by atoms with Gasteiger partial charge in [0.25, 0.3) is 0 Å². The summed E-state index contributed by atoms with van der Waals surface area (Å²) in [5, 5.41) is 13.6. The van der Waals surface area contributed by atoms with Crippen LogP contribution in [0, 0.1) is 11.3 Å². The second-order valence-electron chi connectivity index (χ2n) is 7.08. The molecule has 1 aliphatic rings. The van der Waals surface area contributed by atoms with Crippen LogP contribution in [0.5, 0.6) is 5.75 Å². The molecule has 2 amide bonds. The Bertz CT molecular complexity index is 1110. The fourth-order valence-corrected chi connectivity index (χ4v) is 4.03. The van der Waals surface area contributed by atoms with Gasteiger partial charge in [-0.25, -0.2) is 4.79 Å². The average molecular weight is 423 g/mol. The molecule has 0 radical (unpaired) electrons. The number of ether oxygens (including phenoxy) is 1. The molecule has 1 aromatic heterocycles. The minimum absolute atomic E-state index is 0.0789. The van der Waals surface area contributed by atoms with E-state index in [1.54, 1.807) is 4.90 Å². The molecule has 0 saturated carbocycles. The van der Waals surface area contributed by atoms with E-state index in [2.05, 4.69) is 22.9 Å². The monoisotopic (exact) mass is 422 g/mol. The number of aromatic nitrogens is 1. The number of urea groups is 1. The molecule has 0 bridgehead atoms. The number of fused-ring (bicyclic) bond motifs is 1. The molecule has 154 valence electrons. The molecule has 6 nitrogen and oxygen atoms in total. The Labute approximate surface area is 180 Å². The van der Waals surface area contributed by atoms with Crippen LogP contribution in [0.3, 0.4) is 0 Å². The van der Waals surface area contributed by atoms with Crippen LogP contribution < -0.4 is 15.0 Å². The van der Waals surface area contributed by atoms with Crippen LogP contribution in [-0.4, -0.2) is 36.2 Å². The SMILES string of the molecule is CCn1c(-c2ccc(N3CCNC3=O)cc2)c(C#N)c2ccc(OCCCCl)cc21. The largest absolute Gasteiger partial charge is 0.493 e. The second-order valence-corrected chi connectivity index (χ2v) is 7.46. The number of aryl methyl sites for hydroxylation is 1. The van der Waals surface area contributed by atoms with Gasteiger partial charge in [-0.1, -0.05) is 12.1 Å². The zero-order valence-electron chi connectivity index (χ0n) is 16.8. The van der Waals surface area contributed by atoms with E-state index in [1.807, 2.05) is 42.5 Å². The van der Waals surface area contributed by atoms with Crippen LogP contribution in [0.1, 0.15) is 18.9 Å². The van der Waals surface area contributed by atoms with Gasteiger partial charge in [-0.15, -0.1) is 11.6 Å². The molecule has 2 heterocycles. The van der Waals surface area contributed by atoms with Crippen molar-refractivity contribution in [3.8, 4) is 23.1 Å². The van der Waals surface area contributed by atoms with E-state index in [0.29, 0.717) is 31.1 Å². The summed E-state index contributed by atoms with van der Waals surface area (Å²) in [6, 6.07) is 15.9. The third-order valence-corrected chi connectivity index (χ3v) is 5.59. The smallest absolute Gasteiger partial charge is 0.321 e. The lowest BCUT2D eigenvalue weighted by molar-refractivity contribution is 0.252. The Kier molecular flexibility index (Phi) is 5.82. The van der Waals surface area contributed by atoms with Crippen molar-refractivity contribution in [1.82, 2.24) is 9.88 Å². The molecule has 2 aromatic carbocycles. The van der Waals surface area contributed by atoms with Gasteiger partial charge in [-0.3, -0.25) is 4.90 Å². The summed E-state index contributed by atoms with van der Waals surface area (Å²) in [5.41, 5.74) is 4.28. The van der Waals surface area contributed by atoms with Gasteiger partial charge in [-0.05, 0) is 43.2 Å². The van der Waals surface area contributed by atoms with Gasteiger partial charge in [0.2, 0.25) is 0 Å². The zero-order chi connectivity index (χ0) is 21.1. The minimum atomic E-state index is -0.0789. The van der Waals surface area contributed by atoms with Gasteiger partial charge in [0.1, 0.15) is 11.8 Å². The molecule has 1 fully saturated rings. The predicted molar refractivity (Wildman–Crippen MR) is 119 cm³/mol. The van der Waals surface area contributed by atoms with Crippen molar-refractivity contribution >= 4 is 34.2 Å². The van der Waals surface area contributed by atoms with Crippen LogP contribution in [0.25, 0.3) is 22.2 Å². The van der Waals surface area contributed by atoms with Crippen LogP contribution in [0.15, 0.2) is 42.5 Å². The van der Waals surface area contributed by atoms with Crippen LogP contribution >= 0.6 is 11.6 Å². The van der Waals surface area contributed by atoms with Crippen molar-refractivity contribution in [3.63, 3.8) is 0 Å². The molecule has 1 N–H and O–H groups in total. The highest BCUT2D eigenvalue weighted by molar-refractivity contribution is 6.17. The highest BCUT2D eigenvalue weighted by Gasteiger charge is 2.22. The molecule has 1 aliphatic heterocycles. The first kappa shape index (κ1) is 20.1. The topological polar surface area (TPSA) is 70.3 Å². The van der Waals surface area contributed by atoms with Crippen molar-refractivity contribution in [2.24, 2.45) is 0 Å². The first-order valence-electron chi connectivity index (χ1n) is 10.1. The number of hydrogen-bond donors (Lipinski definition) is 1. The molecular weight excluding hydrogens is 400 g/mol. The van der Waals surface area contributed by atoms with Gasteiger partial charge in [-0.2, -0.15) is 5.26 Å². The van der Waals surface area contributed by atoms with Gasteiger partial charge >= 0.3 is 6.03 Å². The summed E-state index contributed by atoms with van der Waals surface area (Å²) in [5.74, 6) is 1.33. The number of carbonyl (C=O) groups excluding carboxylic acids is 1. The molecule has 0 unspecified atom stereocenters. The van der Waals surface area contributed by atoms with E-state index in [0.717, 1.165) is 46.6 Å². The molecule has 1 saturated heterocycles. The van der Waals surface area contributed by atoms with Gasteiger partial charge in [0.15, 0.2) is 0 Å². The minimum Gasteiger partial charge on any atom is -0.493 e. The first-order chi connectivity index (χ1) is 14.7. The van der Waals surface area contributed by atoms with Crippen LogP contribution in [0.4, 0.5) is 10.5 Å². The van der Waals surface area contributed by atoms with E-state index in [1.165, 1.54) is 0 Å². The maximum Gasteiger partial charge on any atom is 0.321 e. The summed E-state index contributed by atoms with van der Waals surface area (Å²) in [6.45, 7) is 4.65. The maximum atomic E-state index is 11.9. The molecule has 30 heavy (non-hydrogen) atoms. The zero-order valence-corrected chi connectivity index (χ0v) is 17.6. The summed E-state index contributed by atoms with van der Waals surface area (Å²) in [6.07, 6.45) is 0.782. The molecule has 4 rings (SSSR count). The standard InChI is InChI=1S/C23H23ClN4O2/c1-2-27-21-14-18(30-13-3-10-24)8-9-19(21)20(15-25)22(27)16-4-6-17(7-5-16)28-12-11-26-23(28)29/h4-9,14H,2-3,10-13H2,1H3,(H,26,29). The van der Waals surface area contributed by atoms with Crippen molar-refractivity contribution in [1.29, 1.82) is 5.26 Å². The highest BCUT2D eigenvalue weighted by Crippen LogP contribution is 2.36. The lowest BCUT2D eigenvalue weighted by atomic mass is 10.1. The number of benzene rings is 2. The molecule has 3 aromatic rings. The van der Waals surface area contributed by atoms with Crippen molar-refractivity contribution in [2.45, 2.75) is 19.9 Å². The number of halogens is 1. The molecule has 0 aliphatic carbocycles. The Morgan fingerprint density at radius 1 is 1.23 bits per heavy atom. The maximum absolute atomic E-state index is 11.9. The molecular formula is C23H23ClN4O2. The van der Waals surface area contributed by atoms with Crippen LogP contribution in [-0.2, 0) is 6.54 Å². The first-order valence-corrected chi connectivity index (χ1v) is 10.6. The quantitative estimate of drug-likeness (QED) is 0.441. The Balaban J connectivity index is 1.76. The third-order valence-electron chi connectivity index (χ3n) is 5.32. The number of rotatable bonds is 7. The van der Waals surface area contributed by atoms with E-state index >= 15 is 0 Å². The Morgan fingerprint density at radius 3 is 2.67 bits per heavy atom. The Hall–Kier alpha value is -3.17. The lowest BCUT2D eigenvalue weighted by Crippen LogP contribution is -2.27. The molecule has 7 heteroatoms. The third kappa shape index (κ3) is 3.57. The average Bonchev–Trinajstić information content (AvgIpc) is 3.34. The van der Waals surface area contributed by atoms with Crippen molar-refractivity contribution in [2.75, 3.05) is 30.5 Å².